The molecule has 0 unspecified atom stereocenters. The van der Waals surface area contributed by atoms with Crippen LogP contribution in [0.3, 0.4) is 0 Å². The smallest absolute Gasteiger partial charge is 0.250 e. The number of ether oxygens (including phenoxy) is 2. The van der Waals surface area contributed by atoms with Gasteiger partial charge in [-0.2, -0.15) is 0 Å². The molecule has 0 aromatic heterocycles. The minimum Gasteiger partial charge on any atom is -0.543 e. The van der Waals surface area contributed by atoms with Crippen LogP contribution in [0.2, 0.25) is 18.1 Å². The Morgan fingerprint density at radius 1 is 0.935 bits per heavy atom. The van der Waals surface area contributed by atoms with Gasteiger partial charge in [0.25, 0.3) is 0 Å². The Bertz CT molecular complexity index is 741. The summed E-state index contributed by atoms with van der Waals surface area (Å²) >= 11 is 0. The van der Waals surface area contributed by atoms with Crippen LogP contribution in [-0.4, -0.2) is 27.6 Å². The lowest BCUT2D eigenvalue weighted by Gasteiger charge is -2.36. The van der Waals surface area contributed by atoms with Gasteiger partial charge in [-0.1, -0.05) is 74.4 Å². The van der Waals surface area contributed by atoms with Gasteiger partial charge < -0.3 is 13.9 Å². The van der Waals surface area contributed by atoms with Crippen LogP contribution in [0, 0.1) is 10.8 Å². The molecule has 0 bridgehead atoms. The van der Waals surface area contributed by atoms with E-state index in [-0.39, 0.29) is 22.0 Å². The summed E-state index contributed by atoms with van der Waals surface area (Å²) < 4.78 is 19.2. The van der Waals surface area contributed by atoms with Gasteiger partial charge in [0, 0.05) is 11.1 Å². The van der Waals surface area contributed by atoms with Crippen molar-refractivity contribution in [3.8, 4) is 5.75 Å². The Labute approximate surface area is 193 Å². The van der Waals surface area contributed by atoms with Crippen molar-refractivity contribution in [2.75, 3.05) is 13.2 Å². The molecular formula is C27H48O3Si. The van der Waals surface area contributed by atoms with E-state index in [1.807, 2.05) is 0 Å². The van der Waals surface area contributed by atoms with Gasteiger partial charge in [-0.05, 0) is 54.9 Å². The summed E-state index contributed by atoms with van der Waals surface area (Å²) in [4.78, 5) is 0. The SMILES string of the molecule is CC(C)OC(=C(COCC(C)(C)C)C(C)(C)C)c1cccc(O[Si](C)(C)C(C)(C)C)c1. The van der Waals surface area contributed by atoms with E-state index >= 15 is 0 Å². The molecule has 31 heavy (non-hydrogen) atoms. The van der Waals surface area contributed by atoms with Gasteiger partial charge >= 0.3 is 0 Å². The molecule has 4 heteroatoms. The third-order valence-electron chi connectivity index (χ3n) is 5.59. The number of benzene rings is 1. The van der Waals surface area contributed by atoms with Crippen molar-refractivity contribution in [3.63, 3.8) is 0 Å². The number of rotatable bonds is 8. The molecule has 1 aromatic rings. The maximum Gasteiger partial charge on any atom is 0.250 e. The highest BCUT2D eigenvalue weighted by molar-refractivity contribution is 6.74. The third kappa shape index (κ3) is 9.01. The molecule has 178 valence electrons. The molecule has 0 N–H and O–H groups in total. The second-order valence-electron chi connectivity index (χ2n) is 12.7. The van der Waals surface area contributed by atoms with Crippen molar-refractivity contribution in [1.29, 1.82) is 0 Å². The van der Waals surface area contributed by atoms with Crippen molar-refractivity contribution >= 4 is 14.1 Å². The van der Waals surface area contributed by atoms with Crippen molar-refractivity contribution in [1.82, 2.24) is 0 Å². The second-order valence-corrected chi connectivity index (χ2v) is 17.4. The number of hydrogen-bond acceptors (Lipinski definition) is 3. The summed E-state index contributed by atoms with van der Waals surface area (Å²) in [5, 5.41) is 0.146. The molecule has 0 aliphatic heterocycles. The summed E-state index contributed by atoms with van der Waals surface area (Å²) in [5.74, 6) is 1.83. The van der Waals surface area contributed by atoms with E-state index in [1.165, 1.54) is 5.57 Å². The van der Waals surface area contributed by atoms with E-state index < -0.39 is 8.32 Å². The van der Waals surface area contributed by atoms with E-state index in [0.29, 0.717) is 13.2 Å². The van der Waals surface area contributed by atoms with Gasteiger partial charge in [0.1, 0.15) is 11.5 Å². The minimum absolute atomic E-state index is 0.0694. The normalized spacial score (nSPS) is 14.5. The van der Waals surface area contributed by atoms with Gasteiger partial charge in [-0.3, -0.25) is 0 Å². The lowest BCUT2D eigenvalue weighted by molar-refractivity contribution is 0.0773. The molecule has 1 aromatic carbocycles. The van der Waals surface area contributed by atoms with Crippen molar-refractivity contribution in [2.24, 2.45) is 10.8 Å². The Hall–Kier alpha value is -1.26. The van der Waals surface area contributed by atoms with E-state index in [1.54, 1.807) is 0 Å². The Kier molecular flexibility index (Phi) is 9.07. The van der Waals surface area contributed by atoms with Crippen LogP contribution in [0.25, 0.3) is 5.76 Å². The summed E-state index contributed by atoms with van der Waals surface area (Å²) in [6, 6.07) is 8.38. The standard InChI is InChI=1S/C27H48O3Si/c1-20(2)29-24(23(26(6,7)8)18-28-19-25(3,4)5)21-15-14-16-22(17-21)30-31(12,13)27(9,10)11/h14-17,20H,18-19H2,1-13H3. The molecule has 0 spiro atoms. The summed E-state index contributed by atoms with van der Waals surface area (Å²) in [6.45, 7) is 30.0. The van der Waals surface area contributed by atoms with E-state index in [9.17, 15) is 0 Å². The molecule has 0 radical (unpaired) electrons. The molecule has 0 saturated heterocycles. The third-order valence-corrected chi connectivity index (χ3v) is 9.95. The van der Waals surface area contributed by atoms with Gasteiger partial charge in [-0.15, -0.1) is 0 Å². The number of hydrogen-bond donors (Lipinski definition) is 0. The predicted molar refractivity (Wildman–Crippen MR) is 137 cm³/mol. The molecule has 3 nitrogen and oxygen atoms in total. The fourth-order valence-corrected chi connectivity index (χ4v) is 3.80. The molecule has 0 heterocycles. The zero-order valence-electron chi connectivity index (χ0n) is 22.5. The van der Waals surface area contributed by atoms with Crippen LogP contribution in [-0.2, 0) is 9.47 Å². The average molecular weight is 449 g/mol. The summed E-state index contributed by atoms with van der Waals surface area (Å²) in [6.07, 6.45) is 0.0694. The molecular weight excluding hydrogens is 400 g/mol. The molecule has 0 aliphatic carbocycles. The van der Waals surface area contributed by atoms with Crippen LogP contribution < -0.4 is 4.43 Å². The zero-order chi connectivity index (χ0) is 24.3. The lowest BCUT2D eigenvalue weighted by Crippen LogP contribution is -2.43. The zero-order valence-corrected chi connectivity index (χ0v) is 23.5. The molecule has 0 atom stereocenters. The predicted octanol–water partition coefficient (Wildman–Crippen LogP) is 8.32. The quantitative estimate of drug-likeness (QED) is 0.295. The van der Waals surface area contributed by atoms with Crippen LogP contribution in [0.5, 0.6) is 5.75 Å². The first-order valence-electron chi connectivity index (χ1n) is 11.6. The fraction of sp³-hybridized carbons (Fsp3) is 0.704. The molecule has 0 amide bonds. The van der Waals surface area contributed by atoms with Crippen LogP contribution in [0.4, 0.5) is 0 Å². The Balaban J connectivity index is 3.44. The fourth-order valence-electron chi connectivity index (χ4n) is 2.78. The topological polar surface area (TPSA) is 27.7 Å². The van der Waals surface area contributed by atoms with Gasteiger partial charge in [0.2, 0.25) is 8.32 Å². The van der Waals surface area contributed by atoms with Crippen molar-refractivity contribution in [2.45, 2.75) is 100 Å². The Morgan fingerprint density at radius 2 is 1.52 bits per heavy atom. The van der Waals surface area contributed by atoms with Crippen LogP contribution in [0.1, 0.15) is 81.7 Å². The molecule has 0 fully saturated rings. The van der Waals surface area contributed by atoms with Gasteiger partial charge in [-0.25, -0.2) is 0 Å². The largest absolute Gasteiger partial charge is 0.543 e. The van der Waals surface area contributed by atoms with Crippen molar-refractivity contribution in [3.05, 3.63) is 35.4 Å². The highest BCUT2D eigenvalue weighted by Crippen LogP contribution is 2.39. The maximum atomic E-state index is 6.58. The molecule has 0 saturated carbocycles. The minimum atomic E-state index is -1.92. The summed E-state index contributed by atoms with van der Waals surface area (Å²) in [5.41, 5.74) is 2.27. The van der Waals surface area contributed by atoms with E-state index in [2.05, 4.69) is 114 Å². The first kappa shape index (κ1) is 27.8. The van der Waals surface area contributed by atoms with E-state index in [4.69, 9.17) is 13.9 Å². The van der Waals surface area contributed by atoms with Gasteiger partial charge in [0.05, 0.1) is 19.3 Å². The van der Waals surface area contributed by atoms with Crippen LogP contribution in [0.15, 0.2) is 29.8 Å². The van der Waals surface area contributed by atoms with Crippen LogP contribution >= 0.6 is 0 Å². The maximum absolute atomic E-state index is 6.58. The average Bonchev–Trinajstić information content (AvgIpc) is 2.53. The first-order chi connectivity index (χ1) is 13.8. The monoisotopic (exact) mass is 448 g/mol. The van der Waals surface area contributed by atoms with E-state index in [0.717, 1.165) is 17.1 Å². The second kappa shape index (κ2) is 10.1. The molecule has 1 rings (SSSR count). The lowest BCUT2D eigenvalue weighted by atomic mass is 9.84. The van der Waals surface area contributed by atoms with Gasteiger partial charge in [0.15, 0.2) is 0 Å². The van der Waals surface area contributed by atoms with Crippen molar-refractivity contribution < 1.29 is 13.9 Å². The molecule has 0 aliphatic rings. The highest BCUT2D eigenvalue weighted by Gasteiger charge is 2.39. The summed E-state index contributed by atoms with van der Waals surface area (Å²) in [7, 11) is -1.92. The highest BCUT2D eigenvalue weighted by atomic mass is 28.4. The Morgan fingerprint density at radius 3 is 1.97 bits per heavy atom. The first-order valence-corrected chi connectivity index (χ1v) is 14.5.